The molecular formula is C13H17NO. The molecule has 0 radical (unpaired) electrons. The summed E-state index contributed by atoms with van der Waals surface area (Å²) in [4.78, 5) is 0. The van der Waals surface area contributed by atoms with Crippen LogP contribution in [0.15, 0.2) is 24.3 Å². The van der Waals surface area contributed by atoms with Gasteiger partial charge >= 0.3 is 0 Å². The molecule has 0 aliphatic carbocycles. The molecule has 2 atom stereocenters. The Labute approximate surface area is 91.2 Å². The Morgan fingerprint density at radius 1 is 1.27 bits per heavy atom. The highest BCUT2D eigenvalue weighted by molar-refractivity contribution is 5.25. The summed E-state index contributed by atoms with van der Waals surface area (Å²) in [6.45, 7) is 4.01. The third kappa shape index (κ3) is 2.81. The summed E-state index contributed by atoms with van der Waals surface area (Å²) in [5.74, 6) is -0.308. The van der Waals surface area contributed by atoms with Crippen molar-refractivity contribution in [2.75, 3.05) is 0 Å². The minimum absolute atomic E-state index is 0.308. The van der Waals surface area contributed by atoms with E-state index >= 15 is 0 Å². The Kier molecular flexibility index (Phi) is 4.33. The normalized spacial score (nSPS) is 14.3. The lowest BCUT2D eigenvalue weighted by molar-refractivity contribution is 0.133. The fraction of sp³-hybridized carbons (Fsp3) is 0.462. The molecule has 0 saturated carbocycles. The van der Waals surface area contributed by atoms with Crippen molar-refractivity contribution in [2.45, 2.75) is 32.8 Å². The number of hydrogen-bond acceptors (Lipinski definition) is 2. The van der Waals surface area contributed by atoms with Crippen LogP contribution in [0.5, 0.6) is 0 Å². The van der Waals surface area contributed by atoms with Crippen molar-refractivity contribution in [1.29, 1.82) is 5.26 Å². The lowest BCUT2D eigenvalue weighted by Gasteiger charge is -2.15. The summed E-state index contributed by atoms with van der Waals surface area (Å²) in [5.41, 5.74) is 2.08. The van der Waals surface area contributed by atoms with Crippen LogP contribution in [0.4, 0.5) is 0 Å². The molecule has 1 aromatic carbocycles. The van der Waals surface area contributed by atoms with E-state index in [4.69, 9.17) is 5.26 Å². The molecule has 0 aromatic heterocycles. The van der Waals surface area contributed by atoms with E-state index in [1.54, 1.807) is 0 Å². The van der Waals surface area contributed by atoms with Crippen LogP contribution in [0, 0.1) is 17.2 Å². The summed E-state index contributed by atoms with van der Waals surface area (Å²) in [6.07, 6.45) is 1.00. The summed E-state index contributed by atoms with van der Waals surface area (Å²) in [5, 5.41) is 18.8. The number of aliphatic hydroxyl groups is 1. The maximum absolute atomic E-state index is 9.92. The molecule has 0 aliphatic rings. The fourth-order valence-corrected chi connectivity index (χ4v) is 1.57. The zero-order valence-electron chi connectivity index (χ0n) is 9.27. The van der Waals surface area contributed by atoms with Gasteiger partial charge in [0.15, 0.2) is 0 Å². The molecule has 0 heterocycles. The summed E-state index contributed by atoms with van der Waals surface area (Å²) in [6, 6.07) is 9.95. The topological polar surface area (TPSA) is 44.0 Å². The molecule has 0 fully saturated rings. The molecule has 0 spiro atoms. The monoisotopic (exact) mass is 203 g/mol. The fourth-order valence-electron chi connectivity index (χ4n) is 1.57. The van der Waals surface area contributed by atoms with Crippen molar-refractivity contribution in [3.63, 3.8) is 0 Å². The van der Waals surface area contributed by atoms with Gasteiger partial charge in [-0.3, -0.25) is 0 Å². The highest BCUT2D eigenvalue weighted by Gasteiger charge is 2.18. The van der Waals surface area contributed by atoms with E-state index in [9.17, 15) is 5.11 Å². The van der Waals surface area contributed by atoms with Gasteiger partial charge in [-0.25, -0.2) is 0 Å². The van der Waals surface area contributed by atoms with Gasteiger partial charge in [0, 0.05) is 0 Å². The van der Waals surface area contributed by atoms with E-state index in [1.165, 1.54) is 5.56 Å². The third-order valence-corrected chi connectivity index (χ3v) is 2.72. The average molecular weight is 203 g/mol. The van der Waals surface area contributed by atoms with Crippen LogP contribution in [-0.2, 0) is 6.42 Å². The first-order valence-corrected chi connectivity index (χ1v) is 5.39. The molecule has 0 saturated heterocycles. The first kappa shape index (κ1) is 11.7. The second kappa shape index (κ2) is 5.53. The van der Waals surface area contributed by atoms with Crippen molar-refractivity contribution >= 4 is 0 Å². The van der Waals surface area contributed by atoms with Gasteiger partial charge in [-0.2, -0.15) is 5.26 Å². The van der Waals surface area contributed by atoms with Crippen molar-refractivity contribution in [3.05, 3.63) is 35.4 Å². The minimum Gasteiger partial charge on any atom is -0.387 e. The first-order valence-electron chi connectivity index (χ1n) is 5.39. The van der Waals surface area contributed by atoms with Crippen molar-refractivity contribution in [1.82, 2.24) is 0 Å². The minimum atomic E-state index is -0.661. The first-order chi connectivity index (χ1) is 7.22. The van der Waals surface area contributed by atoms with E-state index in [0.717, 1.165) is 12.0 Å². The predicted octanol–water partition coefficient (Wildman–Crippen LogP) is 2.83. The molecule has 80 valence electrons. The van der Waals surface area contributed by atoms with Gasteiger partial charge in [-0.05, 0) is 24.0 Å². The summed E-state index contributed by atoms with van der Waals surface area (Å²) >= 11 is 0. The highest BCUT2D eigenvalue weighted by atomic mass is 16.3. The Balaban J connectivity index is 2.82. The number of hydrogen-bond donors (Lipinski definition) is 1. The van der Waals surface area contributed by atoms with Crippen LogP contribution in [0.25, 0.3) is 0 Å². The second-order valence-corrected chi connectivity index (χ2v) is 3.68. The van der Waals surface area contributed by atoms with Crippen molar-refractivity contribution < 1.29 is 5.11 Å². The molecule has 2 unspecified atom stereocenters. The number of benzene rings is 1. The van der Waals surface area contributed by atoms with Gasteiger partial charge in [0.1, 0.15) is 0 Å². The Bertz CT molecular complexity index is 337. The van der Waals surface area contributed by atoms with Crippen LogP contribution in [0.2, 0.25) is 0 Å². The standard InChI is InChI=1S/C13H17NO/c1-3-10-5-7-12(8-6-10)13(15)11(4-2)9-14/h5-8,11,13,15H,3-4H2,1-2H3. The zero-order chi connectivity index (χ0) is 11.3. The third-order valence-electron chi connectivity index (χ3n) is 2.72. The summed E-state index contributed by atoms with van der Waals surface area (Å²) < 4.78 is 0. The second-order valence-electron chi connectivity index (χ2n) is 3.68. The summed E-state index contributed by atoms with van der Waals surface area (Å²) in [7, 11) is 0. The van der Waals surface area contributed by atoms with Gasteiger partial charge in [-0.15, -0.1) is 0 Å². The number of aliphatic hydroxyl groups excluding tert-OH is 1. The Hall–Kier alpha value is -1.33. The van der Waals surface area contributed by atoms with Crippen LogP contribution in [0.1, 0.15) is 37.5 Å². The van der Waals surface area contributed by atoms with Crippen molar-refractivity contribution in [3.8, 4) is 6.07 Å². The molecule has 2 nitrogen and oxygen atoms in total. The van der Waals surface area contributed by atoms with Gasteiger partial charge in [0.2, 0.25) is 0 Å². The molecule has 0 aliphatic heterocycles. The van der Waals surface area contributed by atoms with Crippen molar-refractivity contribution in [2.24, 2.45) is 5.92 Å². The largest absolute Gasteiger partial charge is 0.387 e. The Morgan fingerprint density at radius 2 is 1.87 bits per heavy atom. The average Bonchev–Trinajstić information content (AvgIpc) is 2.30. The van der Waals surface area contributed by atoms with E-state index < -0.39 is 6.10 Å². The number of nitrogens with zero attached hydrogens (tertiary/aromatic N) is 1. The van der Waals surface area contributed by atoms with E-state index in [-0.39, 0.29) is 5.92 Å². The van der Waals surface area contributed by atoms with Crippen LogP contribution in [0.3, 0.4) is 0 Å². The van der Waals surface area contributed by atoms with Crippen LogP contribution in [-0.4, -0.2) is 5.11 Å². The lowest BCUT2D eigenvalue weighted by Crippen LogP contribution is -2.09. The zero-order valence-corrected chi connectivity index (χ0v) is 9.27. The Morgan fingerprint density at radius 3 is 2.27 bits per heavy atom. The van der Waals surface area contributed by atoms with Gasteiger partial charge < -0.3 is 5.11 Å². The quantitative estimate of drug-likeness (QED) is 0.817. The van der Waals surface area contributed by atoms with Gasteiger partial charge in [0.25, 0.3) is 0 Å². The maximum atomic E-state index is 9.92. The maximum Gasteiger partial charge on any atom is 0.0948 e. The predicted molar refractivity (Wildman–Crippen MR) is 60.2 cm³/mol. The molecular weight excluding hydrogens is 186 g/mol. The lowest BCUT2D eigenvalue weighted by atomic mass is 9.94. The smallest absolute Gasteiger partial charge is 0.0948 e. The molecule has 0 amide bonds. The van der Waals surface area contributed by atoms with E-state index in [2.05, 4.69) is 13.0 Å². The number of rotatable bonds is 4. The molecule has 1 N–H and O–H groups in total. The van der Waals surface area contributed by atoms with Gasteiger partial charge in [0.05, 0.1) is 18.1 Å². The number of aryl methyl sites for hydroxylation is 1. The molecule has 2 heteroatoms. The molecule has 1 rings (SSSR count). The molecule has 15 heavy (non-hydrogen) atoms. The molecule has 0 bridgehead atoms. The molecule has 1 aromatic rings. The van der Waals surface area contributed by atoms with Crippen LogP contribution < -0.4 is 0 Å². The number of nitriles is 1. The van der Waals surface area contributed by atoms with Gasteiger partial charge in [-0.1, -0.05) is 38.1 Å². The van der Waals surface area contributed by atoms with E-state index in [0.29, 0.717) is 6.42 Å². The van der Waals surface area contributed by atoms with E-state index in [1.807, 2.05) is 31.2 Å². The highest BCUT2D eigenvalue weighted by Crippen LogP contribution is 2.24. The van der Waals surface area contributed by atoms with Crippen LogP contribution >= 0.6 is 0 Å². The SMILES string of the molecule is CCc1ccc(C(O)C(C#N)CC)cc1.